The van der Waals surface area contributed by atoms with Gasteiger partial charge in [-0.1, -0.05) is 80.4 Å². The van der Waals surface area contributed by atoms with Crippen molar-refractivity contribution in [3.8, 4) is 17.2 Å². The van der Waals surface area contributed by atoms with Crippen LogP contribution in [0.4, 0.5) is 4.79 Å². The van der Waals surface area contributed by atoms with E-state index < -0.39 is 18.0 Å². The first-order chi connectivity index (χ1) is 19.2. The SMILES string of the molecule is COc1cc2c(cc1OC(=O)OC(C)(C)C)O[C@H](O[C@@H]1CCCC[C@H]1c1ccccc1)[C@@H](C)[C@@H]2c1ccccc1. The fraction of sp³-hybridized carbons (Fsp3) is 0.441. The minimum atomic E-state index is -0.796. The van der Waals surface area contributed by atoms with Gasteiger partial charge >= 0.3 is 6.16 Å². The van der Waals surface area contributed by atoms with E-state index in [1.807, 2.05) is 12.1 Å². The van der Waals surface area contributed by atoms with Gasteiger partial charge in [0.1, 0.15) is 11.4 Å². The lowest BCUT2D eigenvalue weighted by atomic mass is 9.78. The van der Waals surface area contributed by atoms with E-state index in [-0.39, 0.29) is 23.7 Å². The molecule has 1 fully saturated rings. The van der Waals surface area contributed by atoms with Crippen molar-refractivity contribution in [2.45, 2.75) is 83.2 Å². The van der Waals surface area contributed by atoms with Crippen molar-refractivity contribution in [3.63, 3.8) is 0 Å². The van der Waals surface area contributed by atoms with E-state index in [1.54, 1.807) is 33.9 Å². The maximum Gasteiger partial charge on any atom is 0.514 e. The van der Waals surface area contributed by atoms with Gasteiger partial charge in [-0.2, -0.15) is 0 Å². The minimum Gasteiger partial charge on any atom is -0.493 e. The van der Waals surface area contributed by atoms with Crippen LogP contribution in [0.15, 0.2) is 72.8 Å². The normalized spacial score (nSPS) is 24.4. The third-order valence-corrected chi connectivity index (χ3v) is 7.81. The van der Waals surface area contributed by atoms with Crippen LogP contribution in [0.25, 0.3) is 0 Å². The van der Waals surface area contributed by atoms with Gasteiger partial charge in [0, 0.05) is 29.4 Å². The summed E-state index contributed by atoms with van der Waals surface area (Å²) in [5.74, 6) is 1.65. The molecule has 5 atom stereocenters. The van der Waals surface area contributed by atoms with E-state index in [0.29, 0.717) is 17.4 Å². The van der Waals surface area contributed by atoms with Crippen molar-refractivity contribution in [2.75, 3.05) is 7.11 Å². The highest BCUT2D eigenvalue weighted by molar-refractivity contribution is 5.67. The molecule has 40 heavy (non-hydrogen) atoms. The van der Waals surface area contributed by atoms with Crippen LogP contribution >= 0.6 is 0 Å². The number of carbonyl (C=O) groups is 1. The summed E-state index contributed by atoms with van der Waals surface area (Å²) in [5.41, 5.74) is 2.76. The van der Waals surface area contributed by atoms with E-state index in [4.69, 9.17) is 23.7 Å². The zero-order valence-corrected chi connectivity index (χ0v) is 24.1. The smallest absolute Gasteiger partial charge is 0.493 e. The Hall–Kier alpha value is -3.51. The maximum absolute atomic E-state index is 12.5. The second-order valence-corrected chi connectivity index (χ2v) is 11.8. The van der Waals surface area contributed by atoms with Crippen molar-refractivity contribution in [1.82, 2.24) is 0 Å². The molecule has 3 aromatic carbocycles. The second-order valence-electron chi connectivity index (χ2n) is 11.8. The van der Waals surface area contributed by atoms with E-state index in [1.165, 1.54) is 17.5 Å². The summed E-state index contributed by atoms with van der Waals surface area (Å²) >= 11 is 0. The molecule has 0 saturated heterocycles. The van der Waals surface area contributed by atoms with Crippen LogP contribution in [0.2, 0.25) is 0 Å². The van der Waals surface area contributed by atoms with Crippen LogP contribution in [0.3, 0.4) is 0 Å². The molecular formula is C34H40O6. The minimum absolute atomic E-state index is 0.00167. The molecule has 0 amide bonds. The zero-order valence-electron chi connectivity index (χ0n) is 24.1. The molecule has 1 heterocycles. The van der Waals surface area contributed by atoms with E-state index >= 15 is 0 Å². The topological polar surface area (TPSA) is 63.2 Å². The largest absolute Gasteiger partial charge is 0.514 e. The number of ether oxygens (including phenoxy) is 5. The molecule has 3 aromatic rings. The first-order valence-electron chi connectivity index (χ1n) is 14.3. The Kier molecular flexibility index (Phi) is 8.36. The lowest BCUT2D eigenvalue weighted by molar-refractivity contribution is -0.167. The fourth-order valence-electron chi connectivity index (χ4n) is 5.98. The Balaban J connectivity index is 1.49. The van der Waals surface area contributed by atoms with Crippen molar-refractivity contribution >= 4 is 6.16 Å². The molecule has 1 saturated carbocycles. The molecular weight excluding hydrogens is 504 g/mol. The lowest BCUT2D eigenvalue weighted by Gasteiger charge is -2.42. The predicted molar refractivity (Wildman–Crippen MR) is 154 cm³/mol. The molecule has 1 aliphatic heterocycles. The Morgan fingerprint density at radius 2 is 1.52 bits per heavy atom. The molecule has 0 aromatic heterocycles. The molecule has 6 nitrogen and oxygen atoms in total. The van der Waals surface area contributed by atoms with Crippen LogP contribution in [0, 0.1) is 5.92 Å². The van der Waals surface area contributed by atoms with Crippen molar-refractivity contribution in [2.24, 2.45) is 5.92 Å². The van der Waals surface area contributed by atoms with Crippen LogP contribution in [-0.4, -0.2) is 31.3 Å². The number of hydrogen-bond acceptors (Lipinski definition) is 6. The molecule has 0 unspecified atom stereocenters. The first-order valence-corrected chi connectivity index (χ1v) is 14.3. The average Bonchev–Trinajstić information content (AvgIpc) is 2.93. The van der Waals surface area contributed by atoms with Gasteiger partial charge in [0.25, 0.3) is 0 Å². The molecule has 0 spiro atoms. The third-order valence-electron chi connectivity index (χ3n) is 7.81. The van der Waals surface area contributed by atoms with Gasteiger partial charge in [0.05, 0.1) is 13.2 Å². The predicted octanol–water partition coefficient (Wildman–Crippen LogP) is 8.24. The van der Waals surface area contributed by atoms with Gasteiger partial charge in [0.15, 0.2) is 11.5 Å². The van der Waals surface area contributed by atoms with Gasteiger partial charge in [-0.05, 0) is 50.8 Å². The second kappa shape index (κ2) is 11.9. The summed E-state index contributed by atoms with van der Waals surface area (Å²) in [6.45, 7) is 7.57. The van der Waals surface area contributed by atoms with Gasteiger partial charge in [0.2, 0.25) is 6.29 Å². The summed E-state index contributed by atoms with van der Waals surface area (Å²) in [4.78, 5) is 12.5. The van der Waals surface area contributed by atoms with Gasteiger partial charge in [-0.25, -0.2) is 4.79 Å². The summed E-state index contributed by atoms with van der Waals surface area (Å²) in [5, 5.41) is 0. The standard InChI is InChI=1S/C34H40O6/c1-22-31(24-16-10-7-11-17-24)26-20-29(36-5)30(39-33(35)40-34(2,3)4)21-28(26)38-32(22)37-27-19-13-12-18-25(27)23-14-8-6-9-15-23/h6-11,14-17,20-22,25,27,31-32H,12-13,18-19H2,1-5H3/t22-,25-,27+,31+,32-/m0/s1. The Bertz CT molecular complexity index is 1280. The number of rotatable bonds is 6. The quantitative estimate of drug-likeness (QED) is 0.230. The van der Waals surface area contributed by atoms with Crippen LogP contribution < -0.4 is 14.2 Å². The average molecular weight is 545 g/mol. The fourth-order valence-corrected chi connectivity index (χ4v) is 5.98. The molecule has 2 aliphatic rings. The zero-order chi connectivity index (χ0) is 28.3. The summed E-state index contributed by atoms with van der Waals surface area (Å²) in [6, 6.07) is 24.7. The van der Waals surface area contributed by atoms with Gasteiger partial charge < -0.3 is 23.7 Å². The number of methoxy groups -OCH3 is 1. The van der Waals surface area contributed by atoms with E-state index in [2.05, 4.69) is 61.5 Å². The third kappa shape index (κ3) is 6.28. The van der Waals surface area contributed by atoms with Crippen molar-refractivity contribution < 1.29 is 28.5 Å². The van der Waals surface area contributed by atoms with Crippen LogP contribution in [0.1, 0.15) is 81.9 Å². The Labute approximate surface area is 237 Å². The van der Waals surface area contributed by atoms with Crippen molar-refractivity contribution in [1.29, 1.82) is 0 Å². The summed E-state index contributed by atoms with van der Waals surface area (Å²) in [7, 11) is 1.56. The Morgan fingerprint density at radius 3 is 2.17 bits per heavy atom. The molecule has 0 bridgehead atoms. The molecule has 212 valence electrons. The van der Waals surface area contributed by atoms with Gasteiger partial charge in [-0.3, -0.25) is 0 Å². The molecule has 5 rings (SSSR count). The molecule has 1 aliphatic carbocycles. The Morgan fingerprint density at radius 1 is 0.875 bits per heavy atom. The highest BCUT2D eigenvalue weighted by atomic mass is 16.7. The van der Waals surface area contributed by atoms with E-state index in [9.17, 15) is 4.79 Å². The number of benzene rings is 3. The van der Waals surface area contributed by atoms with Crippen LogP contribution in [-0.2, 0) is 9.47 Å². The number of fused-ring (bicyclic) bond motifs is 1. The molecule has 0 radical (unpaired) electrons. The van der Waals surface area contributed by atoms with Crippen molar-refractivity contribution in [3.05, 3.63) is 89.5 Å². The maximum atomic E-state index is 12.5. The monoisotopic (exact) mass is 544 g/mol. The summed E-state index contributed by atoms with van der Waals surface area (Å²) < 4.78 is 30.1. The van der Waals surface area contributed by atoms with E-state index in [0.717, 1.165) is 24.8 Å². The number of carbonyl (C=O) groups excluding carboxylic acids is 1. The highest BCUT2D eigenvalue weighted by Gasteiger charge is 2.41. The van der Waals surface area contributed by atoms with Crippen LogP contribution in [0.5, 0.6) is 17.2 Å². The van der Waals surface area contributed by atoms with Gasteiger partial charge in [-0.15, -0.1) is 0 Å². The first kappa shape index (κ1) is 28.0. The molecule has 0 N–H and O–H groups in total. The highest BCUT2D eigenvalue weighted by Crippen LogP contribution is 2.49. The summed E-state index contributed by atoms with van der Waals surface area (Å²) in [6.07, 6.45) is 3.20. The number of hydrogen-bond donors (Lipinski definition) is 0. The molecule has 6 heteroatoms. The lowest BCUT2D eigenvalue weighted by Crippen LogP contribution is -2.41.